The van der Waals surface area contributed by atoms with Crippen molar-refractivity contribution in [1.82, 2.24) is 4.90 Å². The molecule has 2 heterocycles. The smallest absolute Gasteiger partial charge is 0.234 e. The second kappa shape index (κ2) is 7.55. The minimum Gasteiger partial charge on any atom is -0.381 e. The van der Waals surface area contributed by atoms with Crippen LogP contribution in [0.1, 0.15) is 30.7 Å². The second-order valence-corrected chi connectivity index (χ2v) is 7.84. The van der Waals surface area contributed by atoms with E-state index in [1.807, 2.05) is 12.1 Å². The molecule has 0 saturated carbocycles. The van der Waals surface area contributed by atoms with Crippen molar-refractivity contribution in [3.8, 4) is 0 Å². The van der Waals surface area contributed by atoms with Gasteiger partial charge in [0.1, 0.15) is 0 Å². The molecule has 2 N–H and O–H groups in total. The largest absolute Gasteiger partial charge is 0.381 e. The molecule has 1 aromatic carbocycles. The van der Waals surface area contributed by atoms with Crippen LogP contribution < -0.4 is 10.6 Å². The summed E-state index contributed by atoms with van der Waals surface area (Å²) in [4.78, 5) is 29.1. The molecule has 2 aliphatic rings. The third-order valence-corrected chi connectivity index (χ3v) is 5.82. The quantitative estimate of drug-likeness (QED) is 0.868. The number of hydrogen-bond donors (Lipinski definition) is 1. The molecule has 0 bridgehead atoms. The number of carbonyl (C=O) groups excluding carboxylic acids is 2. The zero-order chi connectivity index (χ0) is 18.9. The van der Waals surface area contributed by atoms with Gasteiger partial charge in [-0.2, -0.15) is 0 Å². The maximum Gasteiger partial charge on any atom is 0.234 e. The lowest BCUT2D eigenvalue weighted by Crippen LogP contribution is -2.50. The van der Waals surface area contributed by atoms with E-state index < -0.39 is 5.41 Å². The molecule has 0 spiro atoms. The summed E-state index contributed by atoms with van der Waals surface area (Å²) in [5, 5.41) is 0.611. The van der Waals surface area contributed by atoms with Crippen molar-refractivity contribution in [2.45, 2.75) is 25.2 Å². The third-order valence-electron chi connectivity index (χ3n) is 5.58. The summed E-state index contributed by atoms with van der Waals surface area (Å²) in [5.41, 5.74) is 7.23. The molecular weight excluding hydrogens is 354 g/mol. The number of hydrogen-bond acceptors (Lipinski definition) is 4. The third kappa shape index (κ3) is 3.46. The van der Waals surface area contributed by atoms with Crippen LogP contribution in [-0.4, -0.2) is 57.1 Å². The molecule has 2 amide bonds. The zero-order valence-corrected chi connectivity index (χ0v) is 16.1. The van der Waals surface area contributed by atoms with Gasteiger partial charge in [0.05, 0.1) is 5.41 Å². The molecule has 7 heteroatoms. The summed E-state index contributed by atoms with van der Waals surface area (Å²) < 4.78 is 5.43. The van der Waals surface area contributed by atoms with Gasteiger partial charge in [-0.1, -0.05) is 11.6 Å². The van der Waals surface area contributed by atoms with Gasteiger partial charge in [0, 0.05) is 63.4 Å². The Kier molecular flexibility index (Phi) is 5.55. The Bertz CT molecular complexity index is 701. The van der Waals surface area contributed by atoms with Crippen molar-refractivity contribution < 1.29 is 14.3 Å². The van der Waals surface area contributed by atoms with Gasteiger partial charge >= 0.3 is 0 Å². The highest BCUT2D eigenvalue weighted by Gasteiger charge is 2.45. The maximum absolute atomic E-state index is 13.4. The molecule has 2 aliphatic heterocycles. The monoisotopic (exact) mass is 379 g/mol. The SMILES string of the molecule is CN(C)C(=O)CC1CN(C(=O)C2(CN)CCOCC2)c2ccc(Cl)cc21. The Balaban J connectivity index is 1.91. The first-order valence-corrected chi connectivity index (χ1v) is 9.35. The van der Waals surface area contributed by atoms with Crippen molar-refractivity contribution in [1.29, 1.82) is 0 Å². The first-order valence-electron chi connectivity index (χ1n) is 8.97. The highest BCUT2D eigenvalue weighted by Crippen LogP contribution is 2.43. The highest BCUT2D eigenvalue weighted by molar-refractivity contribution is 6.30. The number of nitrogens with two attached hydrogens (primary N) is 1. The van der Waals surface area contributed by atoms with E-state index in [1.54, 1.807) is 30.0 Å². The van der Waals surface area contributed by atoms with E-state index in [-0.39, 0.29) is 17.7 Å². The zero-order valence-electron chi connectivity index (χ0n) is 15.3. The minimum absolute atomic E-state index is 0.0340. The summed E-state index contributed by atoms with van der Waals surface area (Å²) in [6.45, 7) is 1.88. The lowest BCUT2D eigenvalue weighted by atomic mass is 9.79. The first kappa shape index (κ1) is 19.1. The summed E-state index contributed by atoms with van der Waals surface area (Å²) in [7, 11) is 3.48. The Morgan fingerprint density at radius 1 is 1.35 bits per heavy atom. The highest BCUT2D eigenvalue weighted by atomic mass is 35.5. The Labute approximate surface area is 159 Å². The Morgan fingerprint density at radius 2 is 2.04 bits per heavy atom. The van der Waals surface area contributed by atoms with Crippen LogP contribution >= 0.6 is 11.6 Å². The lowest BCUT2D eigenvalue weighted by molar-refractivity contribution is -0.133. The van der Waals surface area contributed by atoms with Gasteiger partial charge in [-0.25, -0.2) is 0 Å². The van der Waals surface area contributed by atoms with E-state index in [0.29, 0.717) is 50.6 Å². The van der Waals surface area contributed by atoms with Crippen LogP contribution in [0.5, 0.6) is 0 Å². The Morgan fingerprint density at radius 3 is 2.65 bits per heavy atom. The van der Waals surface area contributed by atoms with Gasteiger partial charge in [0.15, 0.2) is 0 Å². The number of nitrogens with zero attached hydrogens (tertiary/aromatic N) is 2. The van der Waals surface area contributed by atoms with Crippen LogP contribution in [0.4, 0.5) is 5.69 Å². The van der Waals surface area contributed by atoms with Gasteiger partial charge in [0.25, 0.3) is 0 Å². The fourth-order valence-electron chi connectivity index (χ4n) is 3.83. The molecule has 1 fully saturated rings. The van der Waals surface area contributed by atoms with Crippen LogP contribution in [0.2, 0.25) is 5.02 Å². The average Bonchev–Trinajstić information content (AvgIpc) is 2.99. The standard InChI is InChI=1S/C19H26ClN3O3/c1-22(2)17(24)9-13-11-23(16-4-3-14(20)10-15(13)16)18(25)19(12-21)5-7-26-8-6-19/h3-4,10,13H,5-9,11-12,21H2,1-2H3. The van der Waals surface area contributed by atoms with E-state index in [1.165, 1.54) is 0 Å². The number of anilines is 1. The summed E-state index contributed by atoms with van der Waals surface area (Å²) in [6, 6.07) is 5.53. The first-order chi connectivity index (χ1) is 12.4. The van der Waals surface area contributed by atoms with Crippen LogP contribution in [-0.2, 0) is 14.3 Å². The van der Waals surface area contributed by atoms with Crippen LogP contribution in [0.3, 0.4) is 0 Å². The second-order valence-electron chi connectivity index (χ2n) is 7.40. The molecule has 1 unspecified atom stereocenters. The fraction of sp³-hybridized carbons (Fsp3) is 0.579. The van der Waals surface area contributed by atoms with E-state index in [2.05, 4.69) is 0 Å². The van der Waals surface area contributed by atoms with Crippen molar-refractivity contribution in [3.63, 3.8) is 0 Å². The average molecular weight is 380 g/mol. The summed E-state index contributed by atoms with van der Waals surface area (Å²) in [5.74, 6) is 0.0127. The molecule has 3 rings (SSSR count). The normalized spacial score (nSPS) is 21.4. The topological polar surface area (TPSA) is 75.9 Å². The molecule has 0 aliphatic carbocycles. The molecule has 26 heavy (non-hydrogen) atoms. The lowest BCUT2D eigenvalue weighted by Gasteiger charge is -2.38. The predicted molar refractivity (Wildman–Crippen MR) is 101 cm³/mol. The number of halogens is 1. The van der Waals surface area contributed by atoms with E-state index in [0.717, 1.165) is 11.3 Å². The Hall–Kier alpha value is -1.63. The summed E-state index contributed by atoms with van der Waals surface area (Å²) >= 11 is 6.18. The number of rotatable bonds is 4. The maximum atomic E-state index is 13.4. The number of amides is 2. The number of ether oxygens (including phenoxy) is 1. The minimum atomic E-state index is -0.588. The van der Waals surface area contributed by atoms with Crippen LogP contribution in [0.15, 0.2) is 18.2 Å². The van der Waals surface area contributed by atoms with Crippen molar-refractivity contribution >= 4 is 29.1 Å². The molecular formula is C19H26ClN3O3. The van der Waals surface area contributed by atoms with Gasteiger partial charge in [-0.05, 0) is 36.6 Å². The molecule has 1 saturated heterocycles. The van der Waals surface area contributed by atoms with E-state index in [9.17, 15) is 9.59 Å². The van der Waals surface area contributed by atoms with E-state index >= 15 is 0 Å². The molecule has 1 atom stereocenters. The summed E-state index contributed by atoms with van der Waals surface area (Å²) in [6.07, 6.45) is 1.61. The van der Waals surface area contributed by atoms with Crippen molar-refractivity contribution in [2.75, 3.05) is 45.3 Å². The molecule has 6 nitrogen and oxygen atoms in total. The number of carbonyl (C=O) groups is 2. The number of benzene rings is 1. The van der Waals surface area contributed by atoms with Crippen LogP contribution in [0.25, 0.3) is 0 Å². The molecule has 0 radical (unpaired) electrons. The van der Waals surface area contributed by atoms with Gasteiger partial charge in [0.2, 0.25) is 11.8 Å². The molecule has 142 valence electrons. The van der Waals surface area contributed by atoms with Crippen LogP contribution in [0, 0.1) is 5.41 Å². The van der Waals surface area contributed by atoms with E-state index in [4.69, 9.17) is 22.1 Å². The van der Waals surface area contributed by atoms with Gasteiger partial charge in [-0.15, -0.1) is 0 Å². The van der Waals surface area contributed by atoms with Crippen molar-refractivity contribution in [3.05, 3.63) is 28.8 Å². The van der Waals surface area contributed by atoms with Gasteiger partial charge in [-0.3, -0.25) is 9.59 Å². The van der Waals surface area contributed by atoms with Crippen molar-refractivity contribution in [2.24, 2.45) is 11.1 Å². The molecule has 0 aromatic heterocycles. The predicted octanol–water partition coefficient (Wildman–Crippen LogP) is 2.00. The fourth-order valence-corrected chi connectivity index (χ4v) is 4.01. The number of fused-ring (bicyclic) bond motifs is 1. The molecule has 1 aromatic rings. The van der Waals surface area contributed by atoms with Gasteiger partial charge < -0.3 is 20.3 Å².